The first kappa shape index (κ1) is 11.9. The lowest BCUT2D eigenvalue weighted by Gasteiger charge is -2.01. The third-order valence-corrected chi connectivity index (χ3v) is 3.78. The third-order valence-electron chi connectivity index (χ3n) is 2.87. The molecule has 0 aliphatic carbocycles. The molecule has 6 heteroatoms. The molecule has 3 rings (SSSR count). The average molecular weight is 271 g/mol. The number of nitrogens with one attached hydrogen (secondary N) is 1. The van der Waals surface area contributed by atoms with E-state index in [1.54, 1.807) is 12.4 Å². The number of anilines is 1. The molecule has 0 bridgehead atoms. The van der Waals surface area contributed by atoms with Crippen LogP contribution >= 0.6 is 11.3 Å². The van der Waals surface area contributed by atoms with Crippen molar-refractivity contribution in [2.45, 2.75) is 13.3 Å². The number of rotatable bonds is 3. The fraction of sp³-hybridized carbons (Fsp3) is 0.154. The topological polar surface area (TPSA) is 80.5 Å². The SMILES string of the molecule is CCc1[nH]ncc1-c1nc(N)sc1-c1ccccn1. The third kappa shape index (κ3) is 2.10. The zero-order chi connectivity index (χ0) is 13.2. The Bertz CT molecular complexity index is 686. The van der Waals surface area contributed by atoms with Gasteiger partial charge in [0.15, 0.2) is 5.13 Å². The highest BCUT2D eigenvalue weighted by Crippen LogP contribution is 2.37. The number of aromatic nitrogens is 4. The first-order chi connectivity index (χ1) is 9.29. The number of hydrogen-bond acceptors (Lipinski definition) is 5. The van der Waals surface area contributed by atoms with Crippen molar-refractivity contribution in [2.75, 3.05) is 5.73 Å². The van der Waals surface area contributed by atoms with Gasteiger partial charge in [0.1, 0.15) is 0 Å². The Morgan fingerprint density at radius 2 is 2.26 bits per heavy atom. The number of pyridine rings is 1. The Hall–Kier alpha value is -2.21. The molecule has 5 nitrogen and oxygen atoms in total. The molecule has 3 aromatic heterocycles. The normalized spacial score (nSPS) is 10.8. The number of aryl methyl sites for hydroxylation is 1. The van der Waals surface area contributed by atoms with Crippen molar-refractivity contribution >= 4 is 16.5 Å². The van der Waals surface area contributed by atoms with Gasteiger partial charge in [-0.05, 0) is 18.6 Å². The standard InChI is InChI=1S/C13H13N5S/c1-2-9-8(7-16-18-9)11-12(19-13(14)17-11)10-5-3-4-6-15-10/h3-7H,2H2,1H3,(H2,14,17)(H,16,18). The van der Waals surface area contributed by atoms with Gasteiger partial charge in [-0.1, -0.05) is 24.3 Å². The summed E-state index contributed by atoms with van der Waals surface area (Å²) >= 11 is 1.45. The molecular formula is C13H13N5S. The van der Waals surface area contributed by atoms with Gasteiger partial charge in [0.05, 0.1) is 22.5 Å². The van der Waals surface area contributed by atoms with Gasteiger partial charge in [-0.2, -0.15) is 5.10 Å². The summed E-state index contributed by atoms with van der Waals surface area (Å²) < 4.78 is 0. The molecule has 0 aromatic carbocycles. The first-order valence-corrected chi connectivity index (χ1v) is 6.81. The fourth-order valence-corrected chi connectivity index (χ4v) is 2.80. The van der Waals surface area contributed by atoms with E-state index in [2.05, 4.69) is 27.1 Å². The fourth-order valence-electron chi connectivity index (χ4n) is 1.98. The zero-order valence-corrected chi connectivity index (χ0v) is 11.2. The van der Waals surface area contributed by atoms with E-state index in [0.717, 1.165) is 33.9 Å². The summed E-state index contributed by atoms with van der Waals surface area (Å²) in [5.74, 6) is 0. The number of nitrogens with zero attached hydrogens (tertiary/aromatic N) is 3. The molecule has 0 spiro atoms. The van der Waals surface area contributed by atoms with Crippen LogP contribution in [0.2, 0.25) is 0 Å². The van der Waals surface area contributed by atoms with Crippen molar-refractivity contribution in [3.8, 4) is 21.8 Å². The second kappa shape index (κ2) is 4.81. The van der Waals surface area contributed by atoms with Crippen LogP contribution < -0.4 is 5.73 Å². The summed E-state index contributed by atoms with van der Waals surface area (Å²) in [7, 11) is 0. The quantitative estimate of drug-likeness (QED) is 0.767. The minimum absolute atomic E-state index is 0.541. The molecule has 3 N–H and O–H groups in total. The average Bonchev–Trinajstić information content (AvgIpc) is 3.05. The summed E-state index contributed by atoms with van der Waals surface area (Å²) in [5.41, 5.74) is 9.66. The molecule has 0 unspecified atom stereocenters. The highest BCUT2D eigenvalue weighted by atomic mass is 32.1. The van der Waals surface area contributed by atoms with Crippen molar-refractivity contribution in [3.05, 3.63) is 36.3 Å². The second-order valence-electron chi connectivity index (χ2n) is 4.06. The van der Waals surface area contributed by atoms with Gasteiger partial charge in [-0.3, -0.25) is 10.1 Å². The van der Waals surface area contributed by atoms with Crippen LogP contribution in [0.4, 0.5) is 5.13 Å². The van der Waals surface area contributed by atoms with Gasteiger partial charge < -0.3 is 5.73 Å². The van der Waals surface area contributed by atoms with Crippen molar-refractivity contribution in [1.82, 2.24) is 20.2 Å². The minimum Gasteiger partial charge on any atom is -0.375 e. The summed E-state index contributed by atoms with van der Waals surface area (Å²) in [6, 6.07) is 5.81. The lowest BCUT2D eigenvalue weighted by Crippen LogP contribution is -1.89. The molecule has 0 aliphatic heterocycles. The van der Waals surface area contributed by atoms with Crippen LogP contribution in [0.3, 0.4) is 0 Å². The molecule has 0 amide bonds. The van der Waals surface area contributed by atoms with Crippen LogP contribution in [0.1, 0.15) is 12.6 Å². The largest absolute Gasteiger partial charge is 0.375 e. The number of H-pyrrole nitrogens is 1. The van der Waals surface area contributed by atoms with Gasteiger partial charge in [0, 0.05) is 17.5 Å². The smallest absolute Gasteiger partial charge is 0.181 e. The molecule has 0 saturated carbocycles. The highest BCUT2D eigenvalue weighted by molar-refractivity contribution is 7.19. The Balaban J connectivity index is 2.18. The van der Waals surface area contributed by atoms with Crippen LogP contribution in [-0.2, 0) is 6.42 Å². The van der Waals surface area contributed by atoms with E-state index < -0.39 is 0 Å². The molecule has 96 valence electrons. The van der Waals surface area contributed by atoms with Crippen LogP contribution in [0.15, 0.2) is 30.6 Å². The number of nitrogen functional groups attached to an aromatic ring is 1. The zero-order valence-electron chi connectivity index (χ0n) is 10.4. The predicted octanol–water partition coefficient (Wildman–Crippen LogP) is 2.74. The Kier molecular flexibility index (Phi) is 3.00. The monoisotopic (exact) mass is 271 g/mol. The van der Waals surface area contributed by atoms with E-state index in [1.165, 1.54) is 11.3 Å². The van der Waals surface area contributed by atoms with Gasteiger partial charge in [-0.25, -0.2) is 4.98 Å². The summed E-state index contributed by atoms with van der Waals surface area (Å²) in [5, 5.41) is 7.63. The molecule has 0 radical (unpaired) electrons. The molecule has 0 saturated heterocycles. The molecule has 0 aliphatic rings. The number of nitrogens with two attached hydrogens (primary N) is 1. The van der Waals surface area contributed by atoms with E-state index in [1.807, 2.05) is 18.2 Å². The van der Waals surface area contributed by atoms with Crippen molar-refractivity contribution in [3.63, 3.8) is 0 Å². The van der Waals surface area contributed by atoms with E-state index in [9.17, 15) is 0 Å². The van der Waals surface area contributed by atoms with Gasteiger partial charge in [-0.15, -0.1) is 0 Å². The molecule has 0 atom stereocenters. The maximum absolute atomic E-state index is 5.86. The van der Waals surface area contributed by atoms with E-state index in [-0.39, 0.29) is 0 Å². The lowest BCUT2D eigenvalue weighted by molar-refractivity contribution is 0.975. The van der Waals surface area contributed by atoms with E-state index in [0.29, 0.717) is 5.13 Å². The minimum atomic E-state index is 0.541. The van der Waals surface area contributed by atoms with Gasteiger partial charge >= 0.3 is 0 Å². The van der Waals surface area contributed by atoms with E-state index in [4.69, 9.17) is 5.73 Å². The predicted molar refractivity (Wildman–Crippen MR) is 76.7 cm³/mol. The van der Waals surface area contributed by atoms with Crippen LogP contribution in [-0.4, -0.2) is 20.2 Å². The Morgan fingerprint density at radius 1 is 1.37 bits per heavy atom. The van der Waals surface area contributed by atoms with Crippen LogP contribution in [0.5, 0.6) is 0 Å². The van der Waals surface area contributed by atoms with Gasteiger partial charge in [0.2, 0.25) is 0 Å². The van der Waals surface area contributed by atoms with Crippen molar-refractivity contribution in [1.29, 1.82) is 0 Å². The Morgan fingerprint density at radius 3 is 3.00 bits per heavy atom. The number of aromatic amines is 1. The summed E-state index contributed by atoms with van der Waals surface area (Å²) in [6.07, 6.45) is 4.43. The molecular weight excluding hydrogens is 258 g/mol. The van der Waals surface area contributed by atoms with Crippen LogP contribution in [0, 0.1) is 0 Å². The molecule has 19 heavy (non-hydrogen) atoms. The molecule has 3 heterocycles. The summed E-state index contributed by atoms with van der Waals surface area (Å²) in [6.45, 7) is 2.08. The van der Waals surface area contributed by atoms with Crippen molar-refractivity contribution < 1.29 is 0 Å². The van der Waals surface area contributed by atoms with E-state index >= 15 is 0 Å². The Labute approximate surface area is 114 Å². The molecule has 0 fully saturated rings. The maximum Gasteiger partial charge on any atom is 0.181 e. The number of thiazole rings is 1. The lowest BCUT2D eigenvalue weighted by atomic mass is 10.1. The first-order valence-electron chi connectivity index (χ1n) is 6.00. The summed E-state index contributed by atoms with van der Waals surface area (Å²) in [4.78, 5) is 9.79. The highest BCUT2D eigenvalue weighted by Gasteiger charge is 2.17. The van der Waals surface area contributed by atoms with Crippen molar-refractivity contribution in [2.24, 2.45) is 0 Å². The van der Waals surface area contributed by atoms with Gasteiger partial charge in [0.25, 0.3) is 0 Å². The maximum atomic E-state index is 5.86. The van der Waals surface area contributed by atoms with Crippen LogP contribution in [0.25, 0.3) is 21.8 Å². The molecule has 3 aromatic rings. The second-order valence-corrected chi connectivity index (χ2v) is 5.09. The number of hydrogen-bond donors (Lipinski definition) is 2.